The van der Waals surface area contributed by atoms with Crippen LogP contribution < -0.4 is 9.88 Å². The monoisotopic (exact) mass is 372 g/mol. The van der Waals surface area contributed by atoms with Crippen LogP contribution >= 0.6 is 11.8 Å². The number of rotatable bonds is 5. The van der Waals surface area contributed by atoms with Crippen molar-refractivity contribution in [2.75, 3.05) is 37.3 Å². The van der Waals surface area contributed by atoms with Gasteiger partial charge in [-0.25, -0.2) is 15.0 Å². The Labute approximate surface area is 159 Å². The van der Waals surface area contributed by atoms with Crippen LogP contribution in [-0.4, -0.2) is 53.2 Å². The number of nitrogens with zero attached hydrogens (tertiary/aromatic N) is 4. The van der Waals surface area contributed by atoms with Crippen molar-refractivity contribution in [3.8, 4) is 0 Å². The van der Waals surface area contributed by atoms with Crippen molar-refractivity contribution in [2.45, 2.75) is 31.8 Å². The number of amides is 1. The van der Waals surface area contributed by atoms with E-state index in [1.165, 1.54) is 5.69 Å². The first kappa shape index (κ1) is 18.6. The largest absolute Gasteiger partial charge is 0.368 e. The molecule has 138 valence electrons. The number of piperazine rings is 1. The molecule has 3 heterocycles. The van der Waals surface area contributed by atoms with E-state index in [9.17, 15) is 4.79 Å². The molecule has 0 bridgehead atoms. The summed E-state index contributed by atoms with van der Waals surface area (Å²) in [7, 11) is 0. The van der Waals surface area contributed by atoms with Gasteiger partial charge < -0.3 is 9.80 Å². The number of aromatic nitrogens is 3. The van der Waals surface area contributed by atoms with Crippen LogP contribution in [0.5, 0.6) is 0 Å². The zero-order valence-corrected chi connectivity index (χ0v) is 16.5. The van der Waals surface area contributed by atoms with Crippen molar-refractivity contribution >= 4 is 23.4 Å². The number of carbonyl (C=O) groups is 1. The van der Waals surface area contributed by atoms with Gasteiger partial charge in [0.15, 0.2) is 17.6 Å². The van der Waals surface area contributed by atoms with Crippen molar-refractivity contribution in [1.29, 1.82) is 0 Å². The maximum Gasteiger partial charge on any atom is 0.223 e. The first-order valence-electron chi connectivity index (χ1n) is 8.95. The number of aromatic amines is 1. The molecule has 7 heteroatoms. The lowest BCUT2D eigenvalue weighted by molar-refractivity contribution is -0.377. The normalized spacial score (nSPS) is 14.6. The predicted octanol–water partition coefficient (Wildman–Crippen LogP) is 1.91. The van der Waals surface area contributed by atoms with E-state index in [-0.39, 0.29) is 5.91 Å². The molecule has 0 saturated carbocycles. The highest BCUT2D eigenvalue weighted by molar-refractivity contribution is 7.98. The fourth-order valence-electron chi connectivity index (χ4n) is 3.35. The van der Waals surface area contributed by atoms with Crippen LogP contribution in [0.4, 0.5) is 5.69 Å². The summed E-state index contributed by atoms with van der Waals surface area (Å²) < 4.78 is 0. The average Bonchev–Trinajstić information content (AvgIpc) is 2.67. The molecule has 2 aromatic rings. The van der Waals surface area contributed by atoms with Crippen LogP contribution in [0.2, 0.25) is 0 Å². The minimum atomic E-state index is 0.221. The summed E-state index contributed by atoms with van der Waals surface area (Å²) in [6, 6.07) is 4.14. The third-order valence-electron chi connectivity index (χ3n) is 4.87. The second kappa shape index (κ2) is 8.49. The smallest absolute Gasteiger partial charge is 0.223 e. The Morgan fingerprint density at radius 2 is 1.73 bits per heavy atom. The van der Waals surface area contributed by atoms with Gasteiger partial charge in [0.25, 0.3) is 0 Å². The lowest BCUT2D eigenvalue weighted by Gasteiger charge is -2.36. The summed E-state index contributed by atoms with van der Waals surface area (Å²) in [5.41, 5.74) is 4.28. The Hall–Kier alpha value is -2.15. The summed E-state index contributed by atoms with van der Waals surface area (Å²) in [5, 5.41) is 0.796. The zero-order valence-electron chi connectivity index (χ0n) is 15.7. The predicted molar refractivity (Wildman–Crippen MR) is 103 cm³/mol. The van der Waals surface area contributed by atoms with Gasteiger partial charge in [0, 0.05) is 61.8 Å². The third-order valence-corrected chi connectivity index (χ3v) is 5.42. The van der Waals surface area contributed by atoms with Crippen LogP contribution in [0.1, 0.15) is 23.4 Å². The number of thioether (sulfide) groups is 1. The van der Waals surface area contributed by atoms with Gasteiger partial charge >= 0.3 is 0 Å². The highest BCUT2D eigenvalue weighted by Crippen LogP contribution is 2.18. The molecule has 26 heavy (non-hydrogen) atoms. The second-order valence-corrected chi connectivity index (χ2v) is 7.26. The van der Waals surface area contributed by atoms with Gasteiger partial charge in [-0.3, -0.25) is 4.79 Å². The van der Waals surface area contributed by atoms with Crippen molar-refractivity contribution in [2.24, 2.45) is 0 Å². The second-order valence-electron chi connectivity index (χ2n) is 6.49. The lowest BCUT2D eigenvalue weighted by Crippen LogP contribution is -2.48. The molecule has 6 nitrogen and oxygen atoms in total. The van der Waals surface area contributed by atoms with Crippen molar-refractivity contribution in [3.05, 3.63) is 41.5 Å². The van der Waals surface area contributed by atoms with E-state index in [1.807, 2.05) is 37.4 Å². The minimum absolute atomic E-state index is 0.221. The molecule has 1 aliphatic rings. The topological polar surface area (TPSA) is 63.5 Å². The van der Waals surface area contributed by atoms with Gasteiger partial charge in [-0.15, -0.1) is 0 Å². The maximum absolute atomic E-state index is 12.6. The average molecular weight is 373 g/mol. The molecule has 0 radical (unpaired) electrons. The quantitative estimate of drug-likeness (QED) is 0.593. The SMILES string of the molecule is CSc1nc(C)c(CCC(=O)N2CCN(c3cc[nH+]cc3)CC2)c(C)n1. The molecule has 0 unspecified atom stereocenters. The first-order valence-corrected chi connectivity index (χ1v) is 10.2. The minimum Gasteiger partial charge on any atom is -0.368 e. The Balaban J connectivity index is 1.54. The Bertz CT molecular complexity index is 737. The van der Waals surface area contributed by atoms with Gasteiger partial charge in [-0.2, -0.15) is 0 Å². The van der Waals surface area contributed by atoms with E-state index < -0.39 is 0 Å². The summed E-state index contributed by atoms with van der Waals surface area (Å²) in [4.78, 5) is 29.0. The van der Waals surface area contributed by atoms with Gasteiger partial charge in [0.1, 0.15) is 0 Å². The van der Waals surface area contributed by atoms with Gasteiger partial charge in [-0.1, -0.05) is 11.8 Å². The number of H-pyrrole nitrogens is 1. The number of pyridine rings is 1. The van der Waals surface area contributed by atoms with E-state index >= 15 is 0 Å². The molecule has 0 spiro atoms. The molecule has 0 aliphatic carbocycles. The summed E-state index contributed by atoms with van der Waals surface area (Å²) in [6.45, 7) is 7.31. The molecule has 1 amide bonds. The molecule has 1 fully saturated rings. The van der Waals surface area contributed by atoms with E-state index in [1.54, 1.807) is 11.8 Å². The fourth-order valence-corrected chi connectivity index (χ4v) is 3.81. The first-order chi connectivity index (χ1) is 12.6. The molecular weight excluding hydrogens is 346 g/mol. The van der Waals surface area contributed by atoms with Gasteiger partial charge in [0.05, 0.1) is 0 Å². The fraction of sp³-hybridized carbons (Fsp3) is 0.474. The molecule has 3 rings (SSSR count). The van der Waals surface area contributed by atoms with Crippen LogP contribution in [0, 0.1) is 13.8 Å². The third kappa shape index (κ3) is 4.33. The Morgan fingerprint density at radius 1 is 1.12 bits per heavy atom. The maximum atomic E-state index is 12.6. The summed E-state index contributed by atoms with van der Waals surface area (Å²) >= 11 is 1.55. The van der Waals surface area contributed by atoms with Crippen LogP contribution in [-0.2, 0) is 11.2 Å². The molecule has 1 saturated heterocycles. The number of nitrogens with one attached hydrogen (secondary N) is 1. The van der Waals surface area contributed by atoms with Gasteiger partial charge in [0.2, 0.25) is 5.91 Å². The lowest BCUT2D eigenvalue weighted by atomic mass is 10.1. The summed E-state index contributed by atoms with van der Waals surface area (Å²) in [5.74, 6) is 0.221. The highest BCUT2D eigenvalue weighted by atomic mass is 32.2. The Morgan fingerprint density at radius 3 is 2.31 bits per heavy atom. The highest BCUT2D eigenvalue weighted by Gasteiger charge is 2.22. The van der Waals surface area contributed by atoms with Crippen LogP contribution in [0.15, 0.2) is 29.7 Å². The number of hydrogen-bond acceptors (Lipinski definition) is 5. The zero-order chi connectivity index (χ0) is 18.5. The molecule has 2 aromatic heterocycles. The van der Waals surface area contributed by atoms with Crippen LogP contribution in [0.3, 0.4) is 0 Å². The number of carbonyl (C=O) groups excluding carboxylic acids is 1. The van der Waals surface area contributed by atoms with Crippen molar-refractivity contribution in [3.63, 3.8) is 0 Å². The summed E-state index contributed by atoms with van der Waals surface area (Å²) in [6.07, 6.45) is 7.07. The molecule has 1 aliphatic heterocycles. The molecule has 0 aromatic carbocycles. The van der Waals surface area contributed by atoms with E-state index in [0.717, 1.165) is 48.3 Å². The Kier molecular flexibility index (Phi) is 6.08. The van der Waals surface area contributed by atoms with E-state index in [2.05, 4.69) is 32.0 Å². The number of aryl methyl sites for hydroxylation is 2. The van der Waals surface area contributed by atoms with Crippen molar-refractivity contribution < 1.29 is 9.78 Å². The standard InChI is InChI=1S/C19H25N5OS/c1-14-17(15(2)22-19(21-14)26-3)4-5-18(25)24-12-10-23(11-13-24)16-6-8-20-9-7-16/h6-9H,4-5,10-13H2,1-3H3/p+1. The molecular formula is C19H26N5OS+. The van der Waals surface area contributed by atoms with Crippen molar-refractivity contribution in [1.82, 2.24) is 14.9 Å². The van der Waals surface area contributed by atoms with Crippen LogP contribution in [0.25, 0.3) is 0 Å². The molecule has 1 N–H and O–H groups in total. The molecule has 0 atom stereocenters. The van der Waals surface area contributed by atoms with E-state index in [4.69, 9.17) is 0 Å². The van der Waals surface area contributed by atoms with Gasteiger partial charge in [-0.05, 0) is 32.1 Å². The van der Waals surface area contributed by atoms with E-state index in [0.29, 0.717) is 12.8 Å². The number of hydrogen-bond donors (Lipinski definition) is 0. The number of anilines is 1.